The molecule has 1 aromatic heterocycles. The van der Waals surface area contributed by atoms with Crippen LogP contribution in [0.15, 0.2) is 18.2 Å². The molecule has 1 unspecified atom stereocenters. The number of aliphatic hydroxyl groups is 1. The number of halogens is 6. The van der Waals surface area contributed by atoms with Crippen molar-refractivity contribution in [1.82, 2.24) is 9.97 Å². The first-order valence-electron chi connectivity index (χ1n) is 6.68. The van der Waals surface area contributed by atoms with E-state index in [1.54, 1.807) is 0 Å². The van der Waals surface area contributed by atoms with E-state index >= 15 is 0 Å². The van der Waals surface area contributed by atoms with E-state index in [0.717, 1.165) is 7.11 Å². The zero-order chi connectivity index (χ0) is 18.8. The molecule has 2 aromatic rings. The van der Waals surface area contributed by atoms with E-state index in [-0.39, 0.29) is 11.4 Å². The van der Waals surface area contributed by atoms with E-state index in [9.17, 15) is 31.4 Å². The third-order valence-electron chi connectivity index (χ3n) is 3.05. The third kappa shape index (κ3) is 4.50. The average molecular weight is 367 g/mol. The molecule has 25 heavy (non-hydrogen) atoms. The second kappa shape index (κ2) is 7.13. The molecule has 0 aliphatic rings. The molecule has 0 aliphatic carbocycles. The molecule has 1 atom stereocenters. The maximum Gasteiger partial charge on any atom is 0.433 e. The Kier molecular flexibility index (Phi) is 5.36. The molecule has 136 valence electrons. The lowest BCUT2D eigenvalue weighted by atomic mass is 10.1. The molecule has 0 bridgehead atoms. The van der Waals surface area contributed by atoms with Crippen LogP contribution in [0.3, 0.4) is 0 Å². The second-order valence-corrected chi connectivity index (χ2v) is 4.81. The number of alkyl halides is 3. The molecule has 0 saturated carbocycles. The minimum Gasteiger partial charge on any atom is -0.481 e. The van der Waals surface area contributed by atoms with Gasteiger partial charge in [-0.3, -0.25) is 0 Å². The van der Waals surface area contributed by atoms with Gasteiger partial charge in [0, 0.05) is 12.6 Å². The molecule has 0 aliphatic heterocycles. The SMILES string of the molecule is COc1cc(C(F)(F)F)nc(NCC(O)c2cc(F)c(F)c(F)c2)n1. The zero-order valence-corrected chi connectivity index (χ0v) is 12.5. The van der Waals surface area contributed by atoms with Crippen LogP contribution < -0.4 is 10.1 Å². The number of aromatic nitrogens is 2. The Morgan fingerprint density at radius 1 is 1.12 bits per heavy atom. The Morgan fingerprint density at radius 2 is 1.72 bits per heavy atom. The van der Waals surface area contributed by atoms with Crippen LogP contribution in [0.4, 0.5) is 32.3 Å². The van der Waals surface area contributed by atoms with Crippen LogP contribution in [0.5, 0.6) is 5.88 Å². The summed E-state index contributed by atoms with van der Waals surface area (Å²) in [6.07, 6.45) is -6.32. The molecule has 0 fully saturated rings. The predicted octanol–water partition coefficient (Wildman–Crippen LogP) is 3.07. The normalized spacial score (nSPS) is 12.8. The number of anilines is 1. The van der Waals surface area contributed by atoms with Gasteiger partial charge in [0.05, 0.1) is 13.2 Å². The summed E-state index contributed by atoms with van der Waals surface area (Å²) >= 11 is 0. The average Bonchev–Trinajstić information content (AvgIpc) is 2.55. The number of nitrogens with one attached hydrogen (secondary N) is 1. The van der Waals surface area contributed by atoms with Gasteiger partial charge >= 0.3 is 6.18 Å². The molecule has 2 rings (SSSR count). The lowest BCUT2D eigenvalue weighted by Gasteiger charge is -2.14. The van der Waals surface area contributed by atoms with Gasteiger partial charge in [-0.25, -0.2) is 18.2 Å². The number of rotatable bonds is 5. The van der Waals surface area contributed by atoms with Crippen molar-refractivity contribution in [2.24, 2.45) is 0 Å². The fourth-order valence-corrected chi connectivity index (χ4v) is 1.83. The predicted molar refractivity (Wildman–Crippen MR) is 73.4 cm³/mol. The Bertz CT molecular complexity index is 746. The van der Waals surface area contributed by atoms with Crippen LogP contribution in [-0.2, 0) is 6.18 Å². The van der Waals surface area contributed by atoms with E-state index in [0.29, 0.717) is 18.2 Å². The molecule has 0 amide bonds. The number of ether oxygens (including phenoxy) is 1. The van der Waals surface area contributed by atoms with Crippen LogP contribution in [0.25, 0.3) is 0 Å². The van der Waals surface area contributed by atoms with Crippen molar-refractivity contribution in [2.45, 2.75) is 12.3 Å². The van der Waals surface area contributed by atoms with Crippen LogP contribution in [0.1, 0.15) is 17.4 Å². The maximum atomic E-state index is 13.1. The Hall–Kier alpha value is -2.56. The summed E-state index contributed by atoms with van der Waals surface area (Å²) in [5, 5.41) is 12.1. The van der Waals surface area contributed by atoms with E-state index in [4.69, 9.17) is 0 Å². The molecule has 0 saturated heterocycles. The highest BCUT2D eigenvalue weighted by Gasteiger charge is 2.34. The number of aliphatic hydroxyl groups excluding tert-OH is 1. The van der Waals surface area contributed by atoms with Gasteiger partial charge in [0.15, 0.2) is 23.1 Å². The van der Waals surface area contributed by atoms with Crippen LogP contribution in [0.2, 0.25) is 0 Å². The molecule has 5 nitrogen and oxygen atoms in total. The third-order valence-corrected chi connectivity index (χ3v) is 3.05. The fourth-order valence-electron chi connectivity index (χ4n) is 1.83. The molecular weight excluding hydrogens is 356 g/mol. The molecule has 1 aromatic carbocycles. The Labute approximate surface area is 137 Å². The first-order valence-corrected chi connectivity index (χ1v) is 6.68. The summed E-state index contributed by atoms with van der Waals surface area (Å²) in [6, 6.07) is 1.71. The van der Waals surface area contributed by atoms with Gasteiger partial charge < -0.3 is 15.2 Å². The summed E-state index contributed by atoms with van der Waals surface area (Å²) < 4.78 is 82.0. The molecule has 11 heteroatoms. The van der Waals surface area contributed by atoms with Crippen LogP contribution in [-0.4, -0.2) is 28.7 Å². The minimum atomic E-state index is -4.76. The number of hydrogen-bond donors (Lipinski definition) is 2. The first-order chi connectivity index (χ1) is 11.6. The van der Waals surface area contributed by atoms with Crippen LogP contribution >= 0.6 is 0 Å². The molecule has 2 N–H and O–H groups in total. The largest absolute Gasteiger partial charge is 0.481 e. The zero-order valence-electron chi connectivity index (χ0n) is 12.5. The van der Waals surface area contributed by atoms with Crippen molar-refractivity contribution in [1.29, 1.82) is 0 Å². The quantitative estimate of drug-likeness (QED) is 0.628. The van der Waals surface area contributed by atoms with E-state index in [1.807, 2.05) is 0 Å². The smallest absolute Gasteiger partial charge is 0.433 e. The summed E-state index contributed by atoms with van der Waals surface area (Å²) in [5.41, 5.74) is -1.60. The van der Waals surface area contributed by atoms with Gasteiger partial charge in [-0.2, -0.15) is 18.2 Å². The van der Waals surface area contributed by atoms with Gasteiger partial charge in [-0.05, 0) is 17.7 Å². The highest BCUT2D eigenvalue weighted by Crippen LogP contribution is 2.30. The summed E-state index contributed by atoms with van der Waals surface area (Å²) in [4.78, 5) is 6.84. The van der Waals surface area contributed by atoms with Crippen molar-refractivity contribution in [3.05, 3.63) is 46.9 Å². The Balaban J connectivity index is 2.18. The van der Waals surface area contributed by atoms with E-state index < -0.39 is 47.9 Å². The Morgan fingerprint density at radius 3 is 2.24 bits per heavy atom. The lowest BCUT2D eigenvalue weighted by Crippen LogP contribution is -2.17. The highest BCUT2D eigenvalue weighted by molar-refractivity contribution is 5.33. The summed E-state index contributed by atoms with van der Waals surface area (Å²) in [7, 11) is 1.10. The lowest BCUT2D eigenvalue weighted by molar-refractivity contribution is -0.141. The van der Waals surface area contributed by atoms with Gasteiger partial charge in [0.25, 0.3) is 0 Å². The van der Waals surface area contributed by atoms with Crippen molar-refractivity contribution >= 4 is 5.95 Å². The molecular formula is C14H11F6N3O2. The number of methoxy groups -OCH3 is 1. The summed E-state index contributed by atoms with van der Waals surface area (Å²) in [6.45, 7) is -0.491. The van der Waals surface area contributed by atoms with Crippen LogP contribution in [0, 0.1) is 17.5 Å². The summed E-state index contributed by atoms with van der Waals surface area (Å²) in [5.74, 6) is -5.61. The van der Waals surface area contributed by atoms with Gasteiger partial charge in [-0.15, -0.1) is 0 Å². The maximum absolute atomic E-state index is 13.1. The van der Waals surface area contributed by atoms with Crippen molar-refractivity contribution < 1.29 is 36.2 Å². The molecule has 1 heterocycles. The van der Waals surface area contributed by atoms with E-state index in [1.165, 1.54) is 0 Å². The van der Waals surface area contributed by atoms with Crippen molar-refractivity contribution in [3.63, 3.8) is 0 Å². The molecule has 0 spiro atoms. The van der Waals surface area contributed by atoms with Gasteiger partial charge in [0.2, 0.25) is 11.8 Å². The standard InChI is InChI=1S/C14H11F6N3O2/c1-25-11-4-10(14(18,19)20)22-13(23-11)21-5-9(24)6-2-7(15)12(17)8(16)3-6/h2-4,9,24H,5H2,1H3,(H,21,22,23). The van der Waals surface area contributed by atoms with Crippen molar-refractivity contribution in [2.75, 3.05) is 19.0 Å². The minimum absolute atomic E-state index is 0.317. The second-order valence-electron chi connectivity index (χ2n) is 4.81. The monoisotopic (exact) mass is 367 g/mol. The first kappa shape index (κ1) is 18.8. The van der Waals surface area contributed by atoms with Gasteiger partial charge in [0.1, 0.15) is 0 Å². The van der Waals surface area contributed by atoms with E-state index in [2.05, 4.69) is 20.0 Å². The number of hydrogen-bond acceptors (Lipinski definition) is 5. The number of nitrogens with zero attached hydrogens (tertiary/aromatic N) is 2. The highest BCUT2D eigenvalue weighted by atomic mass is 19.4. The topological polar surface area (TPSA) is 67.3 Å². The fraction of sp³-hybridized carbons (Fsp3) is 0.286. The number of benzene rings is 1. The molecule has 0 radical (unpaired) electrons. The van der Waals surface area contributed by atoms with Gasteiger partial charge in [-0.1, -0.05) is 0 Å². The van der Waals surface area contributed by atoms with Crippen molar-refractivity contribution in [3.8, 4) is 5.88 Å².